The maximum Gasteiger partial charge on any atom is 0.255 e. The van der Waals surface area contributed by atoms with Gasteiger partial charge in [0.15, 0.2) is 0 Å². The van der Waals surface area contributed by atoms with Gasteiger partial charge in [-0.25, -0.2) is 0 Å². The average molecular weight is 445 g/mol. The number of aryl methyl sites for hydroxylation is 1. The maximum atomic E-state index is 12.5. The van der Waals surface area contributed by atoms with Crippen LogP contribution >= 0.6 is 35.0 Å². The molecule has 0 atom stereocenters. The van der Waals surface area contributed by atoms with Crippen LogP contribution in [0.25, 0.3) is 0 Å². The third-order valence-corrected chi connectivity index (χ3v) is 5.60. The monoisotopic (exact) mass is 444 g/mol. The Morgan fingerprint density at radius 1 is 0.931 bits per heavy atom. The molecule has 2 amide bonds. The molecule has 3 aromatic rings. The molecule has 0 aliphatic rings. The average Bonchev–Trinajstić information content (AvgIpc) is 2.69. The fourth-order valence-electron chi connectivity index (χ4n) is 2.62. The predicted molar refractivity (Wildman–Crippen MR) is 121 cm³/mol. The summed E-state index contributed by atoms with van der Waals surface area (Å²) in [6, 6.07) is 19.7. The van der Waals surface area contributed by atoms with Gasteiger partial charge >= 0.3 is 0 Å². The second-order valence-corrected chi connectivity index (χ2v) is 8.15. The first-order valence-corrected chi connectivity index (χ1v) is 10.5. The number of nitrogens with one attached hydrogen (secondary N) is 2. The third kappa shape index (κ3) is 6.00. The molecule has 3 aromatic carbocycles. The van der Waals surface area contributed by atoms with E-state index in [0.29, 0.717) is 27.0 Å². The fraction of sp³-hybridized carbons (Fsp3) is 0.0909. The fourth-order valence-corrected chi connectivity index (χ4v) is 3.83. The highest BCUT2D eigenvalue weighted by Gasteiger charge is 2.10. The van der Waals surface area contributed by atoms with Crippen LogP contribution in [0.5, 0.6) is 0 Å². The predicted octanol–water partition coefficient (Wildman–Crippen LogP) is 6.28. The smallest absolute Gasteiger partial charge is 0.255 e. The molecule has 29 heavy (non-hydrogen) atoms. The van der Waals surface area contributed by atoms with Gasteiger partial charge in [-0.2, -0.15) is 0 Å². The molecule has 0 saturated carbocycles. The zero-order valence-corrected chi connectivity index (χ0v) is 17.9. The van der Waals surface area contributed by atoms with Crippen LogP contribution in [0.4, 0.5) is 11.4 Å². The third-order valence-electron chi connectivity index (χ3n) is 4.06. The summed E-state index contributed by atoms with van der Waals surface area (Å²) in [6.45, 7) is 1.90. The lowest BCUT2D eigenvalue weighted by Gasteiger charge is -2.10. The summed E-state index contributed by atoms with van der Waals surface area (Å²) < 4.78 is 0. The van der Waals surface area contributed by atoms with Crippen molar-refractivity contribution >= 4 is 58.2 Å². The van der Waals surface area contributed by atoms with E-state index < -0.39 is 0 Å². The van der Waals surface area contributed by atoms with Crippen LogP contribution in [0, 0.1) is 6.92 Å². The van der Waals surface area contributed by atoms with E-state index in [0.717, 1.165) is 10.5 Å². The summed E-state index contributed by atoms with van der Waals surface area (Å²) in [5, 5.41) is 6.55. The Balaban J connectivity index is 1.59. The van der Waals surface area contributed by atoms with Crippen molar-refractivity contribution in [1.29, 1.82) is 0 Å². The molecule has 7 heteroatoms. The van der Waals surface area contributed by atoms with Crippen LogP contribution in [0.1, 0.15) is 15.9 Å². The minimum atomic E-state index is -0.187. The summed E-state index contributed by atoms with van der Waals surface area (Å²) in [5.74, 6) is -0.150. The molecular formula is C22H18Cl2N2O2S. The largest absolute Gasteiger partial charge is 0.324 e. The van der Waals surface area contributed by atoms with Gasteiger partial charge < -0.3 is 10.6 Å². The molecule has 0 aliphatic carbocycles. The lowest BCUT2D eigenvalue weighted by atomic mass is 10.1. The quantitative estimate of drug-likeness (QED) is 0.439. The van der Waals surface area contributed by atoms with Gasteiger partial charge in [0, 0.05) is 21.2 Å². The molecule has 0 unspecified atom stereocenters. The van der Waals surface area contributed by atoms with Crippen molar-refractivity contribution < 1.29 is 9.59 Å². The number of hydrogen-bond donors (Lipinski definition) is 2. The summed E-state index contributed by atoms with van der Waals surface area (Å²) in [4.78, 5) is 25.5. The van der Waals surface area contributed by atoms with Crippen LogP contribution < -0.4 is 10.6 Å². The molecule has 0 bridgehead atoms. The van der Waals surface area contributed by atoms with Crippen molar-refractivity contribution in [3.8, 4) is 0 Å². The van der Waals surface area contributed by atoms with Crippen molar-refractivity contribution in [1.82, 2.24) is 0 Å². The highest BCUT2D eigenvalue weighted by Crippen LogP contribution is 2.26. The van der Waals surface area contributed by atoms with E-state index in [1.165, 1.54) is 11.8 Å². The number of rotatable bonds is 6. The second-order valence-electron chi connectivity index (χ2n) is 6.26. The molecule has 0 fully saturated rings. The lowest BCUT2D eigenvalue weighted by Crippen LogP contribution is -2.14. The Bertz CT molecular complexity index is 1060. The standard InChI is InChI=1S/C22H18Cl2N2O2S/c1-14-5-2-3-8-18(14)22(28)25-16-6-4-7-17(12-16)29-13-21(27)26-20-10-9-15(23)11-19(20)24/h2-12H,13H2,1H3,(H,25,28)(H,26,27). The van der Waals surface area contributed by atoms with E-state index in [1.807, 2.05) is 49.4 Å². The van der Waals surface area contributed by atoms with Crippen LogP contribution in [-0.2, 0) is 4.79 Å². The van der Waals surface area contributed by atoms with E-state index in [4.69, 9.17) is 23.2 Å². The number of hydrogen-bond acceptors (Lipinski definition) is 3. The molecule has 148 valence electrons. The zero-order valence-electron chi connectivity index (χ0n) is 15.5. The molecule has 4 nitrogen and oxygen atoms in total. The number of amides is 2. The minimum Gasteiger partial charge on any atom is -0.324 e. The van der Waals surface area contributed by atoms with Crippen LogP contribution in [-0.4, -0.2) is 17.6 Å². The molecule has 0 heterocycles. The Morgan fingerprint density at radius 2 is 1.72 bits per heavy atom. The van der Waals surface area contributed by atoms with E-state index in [9.17, 15) is 9.59 Å². The second kappa shape index (κ2) is 9.83. The van der Waals surface area contributed by atoms with Crippen molar-refractivity contribution in [2.75, 3.05) is 16.4 Å². The topological polar surface area (TPSA) is 58.2 Å². The van der Waals surface area contributed by atoms with Gasteiger partial charge in [-0.1, -0.05) is 47.5 Å². The van der Waals surface area contributed by atoms with E-state index >= 15 is 0 Å². The molecule has 0 saturated heterocycles. The van der Waals surface area contributed by atoms with Crippen LogP contribution in [0.2, 0.25) is 10.0 Å². The molecule has 3 rings (SSSR count). The lowest BCUT2D eigenvalue weighted by molar-refractivity contribution is -0.113. The number of carbonyl (C=O) groups is 2. The summed E-state index contributed by atoms with van der Waals surface area (Å²) in [6.07, 6.45) is 0. The van der Waals surface area contributed by atoms with Crippen molar-refractivity contribution in [3.05, 3.63) is 87.9 Å². The SMILES string of the molecule is Cc1ccccc1C(=O)Nc1cccc(SCC(=O)Nc2ccc(Cl)cc2Cl)c1. The number of benzene rings is 3. The van der Waals surface area contributed by atoms with Gasteiger partial charge in [0.1, 0.15) is 0 Å². The van der Waals surface area contributed by atoms with Gasteiger partial charge in [-0.3, -0.25) is 9.59 Å². The van der Waals surface area contributed by atoms with Crippen molar-refractivity contribution in [2.24, 2.45) is 0 Å². The number of thioether (sulfide) groups is 1. The minimum absolute atomic E-state index is 0.166. The molecule has 0 aromatic heterocycles. The van der Waals surface area contributed by atoms with Gasteiger partial charge in [0.25, 0.3) is 5.91 Å². The first-order valence-electron chi connectivity index (χ1n) is 8.77. The molecule has 2 N–H and O–H groups in total. The highest BCUT2D eigenvalue weighted by molar-refractivity contribution is 8.00. The van der Waals surface area contributed by atoms with Crippen LogP contribution in [0.15, 0.2) is 71.6 Å². The van der Waals surface area contributed by atoms with E-state index in [2.05, 4.69) is 10.6 Å². The molecule has 0 aliphatic heterocycles. The number of halogens is 2. The Hall–Kier alpha value is -2.47. The zero-order chi connectivity index (χ0) is 20.8. The van der Waals surface area contributed by atoms with Crippen molar-refractivity contribution in [3.63, 3.8) is 0 Å². The van der Waals surface area contributed by atoms with Crippen molar-refractivity contribution in [2.45, 2.75) is 11.8 Å². The normalized spacial score (nSPS) is 10.4. The first kappa shape index (κ1) is 21.2. The molecule has 0 radical (unpaired) electrons. The molecule has 0 spiro atoms. The highest BCUT2D eigenvalue weighted by atomic mass is 35.5. The summed E-state index contributed by atoms with van der Waals surface area (Å²) in [7, 11) is 0. The Morgan fingerprint density at radius 3 is 2.48 bits per heavy atom. The van der Waals surface area contributed by atoms with Gasteiger partial charge in [-0.05, 0) is 55.0 Å². The van der Waals surface area contributed by atoms with Gasteiger partial charge in [-0.15, -0.1) is 11.8 Å². The van der Waals surface area contributed by atoms with Gasteiger partial charge in [0.2, 0.25) is 5.91 Å². The Labute approximate surface area is 183 Å². The Kier molecular flexibility index (Phi) is 7.20. The number of carbonyl (C=O) groups excluding carboxylic acids is 2. The summed E-state index contributed by atoms with van der Waals surface area (Å²) >= 11 is 13.3. The van der Waals surface area contributed by atoms with E-state index in [-0.39, 0.29) is 17.6 Å². The maximum absolute atomic E-state index is 12.5. The van der Waals surface area contributed by atoms with Crippen LogP contribution in [0.3, 0.4) is 0 Å². The summed E-state index contributed by atoms with van der Waals surface area (Å²) in [5.41, 5.74) is 2.73. The van der Waals surface area contributed by atoms with E-state index in [1.54, 1.807) is 24.3 Å². The molecular weight excluding hydrogens is 427 g/mol. The number of anilines is 2. The van der Waals surface area contributed by atoms with Gasteiger partial charge in [0.05, 0.1) is 16.5 Å². The first-order chi connectivity index (χ1) is 13.9.